The normalized spacial score (nSPS) is 16.9. The Morgan fingerprint density at radius 3 is 2.31 bits per heavy atom. The molecule has 0 aromatic carbocycles. The first-order valence-corrected chi connectivity index (χ1v) is 6.18. The highest BCUT2D eigenvalue weighted by Crippen LogP contribution is 2.24. The highest BCUT2D eigenvalue weighted by molar-refractivity contribution is 5.78. The Morgan fingerprint density at radius 2 is 1.94 bits per heavy atom. The molecule has 0 spiro atoms. The average molecular weight is 229 g/mol. The van der Waals surface area contributed by atoms with Crippen molar-refractivity contribution in [2.75, 3.05) is 13.7 Å². The third-order valence-corrected chi connectivity index (χ3v) is 3.46. The van der Waals surface area contributed by atoms with Crippen molar-refractivity contribution in [3.8, 4) is 0 Å². The van der Waals surface area contributed by atoms with Crippen molar-refractivity contribution >= 4 is 5.91 Å². The Bertz CT molecular complexity index is 216. The molecule has 0 aromatic rings. The van der Waals surface area contributed by atoms with Crippen molar-refractivity contribution in [3.05, 3.63) is 0 Å². The molecule has 0 radical (unpaired) electrons. The van der Waals surface area contributed by atoms with Gasteiger partial charge in [0, 0.05) is 25.2 Å². The van der Waals surface area contributed by atoms with E-state index < -0.39 is 0 Å². The molecule has 96 valence electrons. The summed E-state index contributed by atoms with van der Waals surface area (Å²) >= 11 is 0. The van der Waals surface area contributed by atoms with Gasteiger partial charge in [-0.25, -0.2) is 0 Å². The molecule has 3 heteroatoms. The minimum absolute atomic E-state index is 0.0333. The van der Waals surface area contributed by atoms with Gasteiger partial charge in [-0.15, -0.1) is 0 Å². The van der Waals surface area contributed by atoms with Crippen LogP contribution in [-0.4, -0.2) is 25.2 Å². The van der Waals surface area contributed by atoms with Crippen molar-refractivity contribution in [1.82, 2.24) is 5.32 Å². The van der Waals surface area contributed by atoms with Gasteiger partial charge in [-0.2, -0.15) is 0 Å². The van der Waals surface area contributed by atoms with E-state index in [1.165, 1.54) is 0 Å². The van der Waals surface area contributed by atoms with E-state index in [-0.39, 0.29) is 17.4 Å². The maximum Gasteiger partial charge on any atom is 0.222 e. The monoisotopic (exact) mass is 229 g/mol. The van der Waals surface area contributed by atoms with Crippen LogP contribution in [0.3, 0.4) is 0 Å². The zero-order chi connectivity index (χ0) is 12.8. The number of hydrogen-bond donors (Lipinski definition) is 1. The van der Waals surface area contributed by atoms with Crippen LogP contribution in [0.1, 0.15) is 47.5 Å². The Morgan fingerprint density at radius 1 is 1.38 bits per heavy atom. The van der Waals surface area contributed by atoms with Crippen LogP contribution in [0.2, 0.25) is 0 Å². The highest BCUT2D eigenvalue weighted by atomic mass is 16.5. The van der Waals surface area contributed by atoms with E-state index in [0.717, 1.165) is 12.8 Å². The number of carbonyl (C=O) groups excluding carboxylic acids is 1. The molecule has 1 N–H and O–H groups in total. The molecular formula is C13H27NO2. The van der Waals surface area contributed by atoms with Gasteiger partial charge in [-0.3, -0.25) is 4.79 Å². The smallest absolute Gasteiger partial charge is 0.222 e. The Hall–Kier alpha value is -0.570. The molecule has 16 heavy (non-hydrogen) atoms. The van der Waals surface area contributed by atoms with Gasteiger partial charge < -0.3 is 10.1 Å². The number of methoxy groups -OCH3 is 1. The predicted octanol–water partition coefficient (Wildman–Crippen LogP) is 2.60. The van der Waals surface area contributed by atoms with Crippen molar-refractivity contribution < 1.29 is 9.53 Å². The van der Waals surface area contributed by atoms with E-state index in [1.54, 1.807) is 7.11 Å². The average Bonchev–Trinajstić information content (AvgIpc) is 2.24. The quantitative estimate of drug-likeness (QED) is 0.728. The van der Waals surface area contributed by atoms with E-state index >= 15 is 0 Å². The second-order valence-electron chi connectivity index (χ2n) is 5.11. The van der Waals surface area contributed by atoms with Crippen molar-refractivity contribution in [2.45, 2.75) is 53.0 Å². The minimum atomic E-state index is -0.161. The van der Waals surface area contributed by atoms with Gasteiger partial charge in [-0.1, -0.05) is 34.1 Å². The molecule has 0 aliphatic carbocycles. The summed E-state index contributed by atoms with van der Waals surface area (Å²) in [4.78, 5) is 11.8. The molecule has 0 rings (SSSR count). The molecule has 0 aromatic heterocycles. The SMILES string of the molecule is CCC(C)C(C)(CCOC)NC(=O)C(C)C. The zero-order valence-corrected chi connectivity index (χ0v) is 11.6. The topological polar surface area (TPSA) is 38.3 Å². The van der Waals surface area contributed by atoms with E-state index in [1.807, 2.05) is 13.8 Å². The lowest BCUT2D eigenvalue weighted by Crippen LogP contribution is -2.52. The molecule has 0 heterocycles. The molecule has 0 saturated carbocycles. The Labute approximate surface area is 99.9 Å². The van der Waals surface area contributed by atoms with Crippen LogP contribution in [0, 0.1) is 11.8 Å². The van der Waals surface area contributed by atoms with Crippen LogP contribution < -0.4 is 5.32 Å². The lowest BCUT2D eigenvalue weighted by molar-refractivity contribution is -0.126. The van der Waals surface area contributed by atoms with Gasteiger partial charge in [0.2, 0.25) is 5.91 Å². The largest absolute Gasteiger partial charge is 0.385 e. The molecule has 0 aliphatic rings. The summed E-state index contributed by atoms with van der Waals surface area (Å²) in [6.45, 7) is 11.0. The first kappa shape index (κ1) is 15.4. The van der Waals surface area contributed by atoms with Crippen LogP contribution in [0.5, 0.6) is 0 Å². The summed E-state index contributed by atoms with van der Waals surface area (Å²) in [6.07, 6.45) is 1.91. The highest BCUT2D eigenvalue weighted by Gasteiger charge is 2.31. The Kier molecular flexibility index (Phi) is 6.65. The zero-order valence-electron chi connectivity index (χ0n) is 11.6. The van der Waals surface area contributed by atoms with Gasteiger partial charge in [0.05, 0.1) is 0 Å². The second kappa shape index (κ2) is 6.89. The van der Waals surface area contributed by atoms with Crippen LogP contribution in [-0.2, 0) is 9.53 Å². The molecular weight excluding hydrogens is 202 g/mol. The number of rotatable bonds is 7. The molecule has 3 nitrogen and oxygen atoms in total. The van der Waals surface area contributed by atoms with Crippen molar-refractivity contribution in [3.63, 3.8) is 0 Å². The summed E-state index contributed by atoms with van der Waals surface area (Å²) in [7, 11) is 1.70. The number of carbonyl (C=O) groups is 1. The summed E-state index contributed by atoms with van der Waals surface area (Å²) in [5.41, 5.74) is -0.161. The van der Waals surface area contributed by atoms with Crippen LogP contribution in [0.25, 0.3) is 0 Å². The summed E-state index contributed by atoms with van der Waals surface area (Å²) < 4.78 is 5.12. The van der Waals surface area contributed by atoms with E-state index in [4.69, 9.17) is 4.74 Å². The summed E-state index contributed by atoms with van der Waals surface area (Å²) in [6, 6.07) is 0. The Balaban J connectivity index is 4.58. The standard InChI is InChI=1S/C13H27NO2/c1-7-11(4)13(5,8-9-16-6)14-12(15)10(2)3/h10-11H,7-9H2,1-6H3,(H,14,15). The number of nitrogens with one attached hydrogen (secondary N) is 1. The maximum atomic E-state index is 11.8. The maximum absolute atomic E-state index is 11.8. The third kappa shape index (κ3) is 4.52. The molecule has 0 saturated heterocycles. The summed E-state index contributed by atoms with van der Waals surface area (Å²) in [5.74, 6) is 0.607. The van der Waals surface area contributed by atoms with Crippen LogP contribution in [0.15, 0.2) is 0 Å². The van der Waals surface area contributed by atoms with E-state index in [9.17, 15) is 4.79 Å². The number of ether oxygens (including phenoxy) is 1. The van der Waals surface area contributed by atoms with Gasteiger partial charge in [0.15, 0.2) is 0 Å². The first-order valence-electron chi connectivity index (χ1n) is 6.18. The fourth-order valence-corrected chi connectivity index (χ4v) is 1.62. The van der Waals surface area contributed by atoms with Gasteiger partial charge in [0.1, 0.15) is 0 Å². The number of amides is 1. The van der Waals surface area contributed by atoms with Gasteiger partial charge in [0.25, 0.3) is 0 Å². The first-order chi connectivity index (χ1) is 7.37. The van der Waals surface area contributed by atoms with E-state index in [0.29, 0.717) is 12.5 Å². The lowest BCUT2D eigenvalue weighted by atomic mass is 9.82. The molecule has 0 bridgehead atoms. The molecule has 1 amide bonds. The van der Waals surface area contributed by atoms with Crippen molar-refractivity contribution in [1.29, 1.82) is 0 Å². The predicted molar refractivity (Wildman–Crippen MR) is 67.3 cm³/mol. The molecule has 2 atom stereocenters. The summed E-state index contributed by atoms with van der Waals surface area (Å²) in [5, 5.41) is 3.16. The lowest BCUT2D eigenvalue weighted by Gasteiger charge is -2.37. The van der Waals surface area contributed by atoms with Crippen LogP contribution in [0.4, 0.5) is 0 Å². The molecule has 2 unspecified atom stereocenters. The fourth-order valence-electron chi connectivity index (χ4n) is 1.62. The van der Waals surface area contributed by atoms with Crippen molar-refractivity contribution in [2.24, 2.45) is 11.8 Å². The number of hydrogen-bond acceptors (Lipinski definition) is 2. The van der Waals surface area contributed by atoms with Gasteiger partial charge >= 0.3 is 0 Å². The molecule has 0 aliphatic heterocycles. The molecule has 0 fully saturated rings. The van der Waals surface area contributed by atoms with Crippen LogP contribution >= 0.6 is 0 Å². The van der Waals surface area contributed by atoms with E-state index in [2.05, 4.69) is 26.1 Å². The minimum Gasteiger partial charge on any atom is -0.385 e. The fraction of sp³-hybridized carbons (Fsp3) is 0.923. The van der Waals surface area contributed by atoms with Gasteiger partial charge in [-0.05, 0) is 19.3 Å². The second-order valence-corrected chi connectivity index (χ2v) is 5.11. The third-order valence-electron chi connectivity index (χ3n) is 3.46.